The van der Waals surface area contributed by atoms with Gasteiger partial charge in [0.15, 0.2) is 5.11 Å². The van der Waals surface area contributed by atoms with Crippen molar-refractivity contribution in [3.63, 3.8) is 0 Å². The summed E-state index contributed by atoms with van der Waals surface area (Å²) in [6.07, 6.45) is 1.65. The van der Waals surface area contributed by atoms with Gasteiger partial charge < -0.3 is 4.57 Å². The summed E-state index contributed by atoms with van der Waals surface area (Å²) in [6, 6.07) is 22.2. The molecule has 1 saturated heterocycles. The fourth-order valence-electron chi connectivity index (χ4n) is 4.74. The van der Waals surface area contributed by atoms with Crippen molar-refractivity contribution < 1.29 is 9.59 Å². The van der Waals surface area contributed by atoms with Crippen LogP contribution in [0.25, 0.3) is 11.8 Å². The molecule has 5 nitrogen and oxygen atoms in total. The van der Waals surface area contributed by atoms with Crippen molar-refractivity contribution >= 4 is 69.8 Å². The molecule has 0 aliphatic carbocycles. The van der Waals surface area contributed by atoms with Crippen molar-refractivity contribution in [3.05, 3.63) is 116 Å². The third-order valence-corrected chi connectivity index (χ3v) is 8.05. The molecular weight excluding hydrogens is 549 g/mol. The van der Waals surface area contributed by atoms with Crippen LogP contribution in [0.5, 0.6) is 0 Å². The first-order chi connectivity index (χ1) is 18.6. The number of nitrogens with zero attached hydrogens (tertiary/aromatic N) is 3. The van der Waals surface area contributed by atoms with Gasteiger partial charge in [0.05, 0.1) is 21.4 Å². The minimum absolute atomic E-state index is 0.0140. The fourth-order valence-corrected chi connectivity index (χ4v) is 5.41. The van der Waals surface area contributed by atoms with Crippen molar-refractivity contribution in [2.24, 2.45) is 0 Å². The van der Waals surface area contributed by atoms with E-state index >= 15 is 0 Å². The summed E-state index contributed by atoms with van der Waals surface area (Å²) < 4.78 is 2.01. The lowest BCUT2D eigenvalue weighted by molar-refractivity contribution is -0.120. The highest BCUT2D eigenvalue weighted by Gasteiger charge is 2.41. The Morgan fingerprint density at radius 1 is 0.692 bits per heavy atom. The van der Waals surface area contributed by atoms with E-state index in [9.17, 15) is 9.59 Å². The van der Waals surface area contributed by atoms with Crippen LogP contribution >= 0.6 is 35.4 Å². The first-order valence-corrected chi connectivity index (χ1v) is 13.5. The Hall–Kier alpha value is -3.71. The highest BCUT2D eigenvalue weighted by atomic mass is 35.5. The molecule has 2 heterocycles. The van der Waals surface area contributed by atoms with E-state index in [0.29, 0.717) is 21.4 Å². The predicted molar refractivity (Wildman–Crippen MR) is 163 cm³/mol. The average Bonchev–Trinajstić information content (AvgIpc) is 3.18. The van der Waals surface area contributed by atoms with Gasteiger partial charge in [0.1, 0.15) is 5.57 Å². The van der Waals surface area contributed by atoms with Gasteiger partial charge in [-0.05, 0) is 111 Å². The summed E-state index contributed by atoms with van der Waals surface area (Å²) in [7, 11) is 0. The van der Waals surface area contributed by atoms with Crippen molar-refractivity contribution in [1.82, 2.24) is 4.57 Å². The van der Waals surface area contributed by atoms with E-state index in [-0.39, 0.29) is 10.7 Å². The second-order valence-corrected chi connectivity index (χ2v) is 10.7. The number of thiocarbonyl (C=S) groups is 1. The summed E-state index contributed by atoms with van der Waals surface area (Å²) in [4.78, 5) is 30.7. The number of para-hydroxylation sites is 1. The van der Waals surface area contributed by atoms with Crippen LogP contribution in [0.2, 0.25) is 10.0 Å². The molecule has 196 valence electrons. The maximum absolute atomic E-state index is 14.0. The standard InChI is InChI=1S/C31H25Cl2N3O2S/c1-18-10-11-24(14-19(18)2)36-30(38)26(29(37)35(31(36)39)23-8-6-5-7-9-23)16-22-15-20(3)34(21(22)4)25-12-13-27(32)28(33)17-25/h5-17H,1-4H3/b26-16+. The topological polar surface area (TPSA) is 45.6 Å². The predicted octanol–water partition coefficient (Wildman–Crippen LogP) is 7.77. The molecule has 5 rings (SSSR count). The van der Waals surface area contributed by atoms with Crippen LogP contribution in [0.3, 0.4) is 0 Å². The number of hydrogen-bond acceptors (Lipinski definition) is 3. The van der Waals surface area contributed by atoms with Gasteiger partial charge in [0.25, 0.3) is 11.8 Å². The van der Waals surface area contributed by atoms with E-state index in [0.717, 1.165) is 33.8 Å². The van der Waals surface area contributed by atoms with E-state index in [1.807, 2.05) is 80.8 Å². The number of rotatable bonds is 4. The Kier molecular flexibility index (Phi) is 7.21. The van der Waals surface area contributed by atoms with E-state index in [4.69, 9.17) is 35.4 Å². The monoisotopic (exact) mass is 573 g/mol. The molecule has 0 atom stereocenters. The highest BCUT2D eigenvalue weighted by molar-refractivity contribution is 7.81. The fraction of sp³-hybridized carbons (Fsp3) is 0.129. The quantitative estimate of drug-likeness (QED) is 0.142. The van der Waals surface area contributed by atoms with Gasteiger partial charge in [0, 0.05) is 17.1 Å². The Bertz CT molecular complexity index is 1690. The van der Waals surface area contributed by atoms with Gasteiger partial charge >= 0.3 is 0 Å². The Labute approximate surface area is 242 Å². The van der Waals surface area contributed by atoms with Crippen molar-refractivity contribution in [1.29, 1.82) is 0 Å². The van der Waals surface area contributed by atoms with Crippen molar-refractivity contribution in [2.45, 2.75) is 27.7 Å². The van der Waals surface area contributed by atoms with Gasteiger partial charge in [-0.1, -0.05) is 47.5 Å². The minimum Gasteiger partial charge on any atom is -0.318 e. The van der Waals surface area contributed by atoms with E-state index in [1.54, 1.807) is 30.3 Å². The zero-order valence-corrected chi connectivity index (χ0v) is 24.2. The Morgan fingerprint density at radius 3 is 1.97 bits per heavy atom. The number of benzene rings is 3. The molecule has 1 fully saturated rings. The molecule has 0 N–H and O–H groups in total. The molecular formula is C31H25Cl2N3O2S. The number of anilines is 2. The number of aryl methyl sites for hydroxylation is 3. The number of carbonyl (C=O) groups excluding carboxylic acids is 2. The maximum atomic E-state index is 14.0. The van der Waals surface area contributed by atoms with Crippen LogP contribution in [0.15, 0.2) is 78.4 Å². The molecule has 8 heteroatoms. The smallest absolute Gasteiger partial charge is 0.270 e. The van der Waals surface area contributed by atoms with E-state index < -0.39 is 11.8 Å². The normalized spacial score (nSPS) is 15.0. The van der Waals surface area contributed by atoms with E-state index in [1.165, 1.54) is 9.80 Å². The molecule has 1 aromatic heterocycles. The zero-order valence-electron chi connectivity index (χ0n) is 21.8. The molecule has 1 aliphatic heterocycles. The molecule has 4 aromatic rings. The third kappa shape index (κ3) is 4.80. The minimum atomic E-state index is -0.476. The van der Waals surface area contributed by atoms with Gasteiger partial charge in [-0.15, -0.1) is 0 Å². The molecule has 0 radical (unpaired) electrons. The molecule has 0 spiro atoms. The van der Waals surface area contributed by atoms with Crippen LogP contribution in [0.4, 0.5) is 11.4 Å². The van der Waals surface area contributed by atoms with Crippen molar-refractivity contribution in [3.8, 4) is 5.69 Å². The number of carbonyl (C=O) groups is 2. The van der Waals surface area contributed by atoms with Gasteiger partial charge in [-0.3, -0.25) is 19.4 Å². The number of amides is 2. The molecule has 1 aliphatic rings. The maximum Gasteiger partial charge on any atom is 0.270 e. The number of halogens is 2. The van der Waals surface area contributed by atoms with Crippen LogP contribution in [-0.2, 0) is 9.59 Å². The van der Waals surface area contributed by atoms with Gasteiger partial charge in [-0.2, -0.15) is 0 Å². The number of aromatic nitrogens is 1. The largest absolute Gasteiger partial charge is 0.318 e. The van der Waals surface area contributed by atoms with Crippen LogP contribution in [0, 0.1) is 27.7 Å². The average molecular weight is 575 g/mol. The molecule has 39 heavy (non-hydrogen) atoms. The Morgan fingerprint density at radius 2 is 1.33 bits per heavy atom. The van der Waals surface area contributed by atoms with Crippen molar-refractivity contribution in [2.75, 3.05) is 9.80 Å². The lowest BCUT2D eigenvalue weighted by Gasteiger charge is -2.36. The first-order valence-electron chi connectivity index (χ1n) is 12.3. The number of hydrogen-bond donors (Lipinski definition) is 0. The zero-order chi connectivity index (χ0) is 28.0. The SMILES string of the molecule is Cc1ccc(N2C(=O)/C(=C/c3cc(C)n(-c4ccc(Cl)c(Cl)c4)c3C)C(=O)N(c3ccccc3)C2=S)cc1C. The Balaban J connectivity index is 1.66. The molecule has 0 unspecified atom stereocenters. The summed E-state index contributed by atoms with van der Waals surface area (Å²) in [5, 5.41) is 1.01. The summed E-state index contributed by atoms with van der Waals surface area (Å²) in [6.45, 7) is 7.87. The molecule has 0 bridgehead atoms. The lowest BCUT2D eigenvalue weighted by Crippen LogP contribution is -2.57. The van der Waals surface area contributed by atoms with Crippen LogP contribution in [-0.4, -0.2) is 21.5 Å². The van der Waals surface area contributed by atoms with Gasteiger partial charge in [-0.25, -0.2) is 0 Å². The summed E-state index contributed by atoms with van der Waals surface area (Å²) in [5.74, 6) is -0.949. The van der Waals surface area contributed by atoms with E-state index in [2.05, 4.69) is 0 Å². The second-order valence-electron chi connectivity index (χ2n) is 9.49. The first kappa shape index (κ1) is 26.9. The lowest BCUT2D eigenvalue weighted by atomic mass is 10.0. The van der Waals surface area contributed by atoms with Crippen LogP contribution in [0.1, 0.15) is 28.1 Å². The molecule has 0 saturated carbocycles. The summed E-state index contributed by atoms with van der Waals surface area (Å²) >= 11 is 18.2. The molecule has 2 amide bonds. The highest BCUT2D eigenvalue weighted by Crippen LogP contribution is 2.33. The van der Waals surface area contributed by atoms with Gasteiger partial charge in [0.2, 0.25) is 0 Å². The summed E-state index contributed by atoms with van der Waals surface area (Å²) in [5.41, 5.74) is 6.63. The molecule has 3 aromatic carbocycles. The second kappa shape index (κ2) is 10.5. The van der Waals surface area contributed by atoms with Crippen LogP contribution < -0.4 is 9.80 Å². The third-order valence-electron chi connectivity index (χ3n) is 6.94.